The van der Waals surface area contributed by atoms with Gasteiger partial charge in [-0.15, -0.1) is 0 Å². The molecule has 110 valence electrons. The Labute approximate surface area is 120 Å². The second-order valence-corrected chi connectivity index (χ2v) is 5.09. The number of nitrogens with zero attached hydrogens (tertiary/aromatic N) is 2. The lowest BCUT2D eigenvalue weighted by Gasteiger charge is -2.24. The first-order chi connectivity index (χ1) is 9.36. The van der Waals surface area contributed by atoms with Crippen LogP contribution in [0.25, 0.3) is 0 Å². The van der Waals surface area contributed by atoms with E-state index in [9.17, 15) is 9.59 Å². The third kappa shape index (κ3) is 3.98. The first-order valence-corrected chi connectivity index (χ1v) is 6.72. The minimum Gasteiger partial charge on any atom is -0.399 e. The van der Waals surface area contributed by atoms with E-state index in [0.717, 1.165) is 12.0 Å². The second-order valence-electron chi connectivity index (χ2n) is 5.09. The molecule has 0 aliphatic heterocycles. The number of likely N-dealkylation sites (N-methyl/N-ethyl adjacent to an activating group) is 1. The van der Waals surface area contributed by atoms with Gasteiger partial charge in [-0.2, -0.15) is 0 Å². The van der Waals surface area contributed by atoms with Crippen LogP contribution in [0.3, 0.4) is 0 Å². The van der Waals surface area contributed by atoms with E-state index in [-0.39, 0.29) is 18.4 Å². The number of rotatable bonds is 5. The van der Waals surface area contributed by atoms with Crippen molar-refractivity contribution >= 4 is 17.5 Å². The minimum absolute atomic E-state index is 0.0834. The molecule has 0 heterocycles. The molecular weight excluding hydrogens is 254 g/mol. The molecule has 0 bridgehead atoms. The number of benzene rings is 1. The van der Waals surface area contributed by atoms with Crippen LogP contribution < -0.4 is 5.73 Å². The highest BCUT2D eigenvalue weighted by Crippen LogP contribution is 2.15. The van der Waals surface area contributed by atoms with E-state index in [0.29, 0.717) is 17.8 Å². The molecule has 0 aliphatic carbocycles. The average molecular weight is 277 g/mol. The smallest absolute Gasteiger partial charge is 0.254 e. The number of nitrogen functional groups attached to an aromatic ring is 1. The molecule has 0 radical (unpaired) electrons. The van der Waals surface area contributed by atoms with Crippen LogP contribution in [-0.2, 0) is 4.79 Å². The van der Waals surface area contributed by atoms with Crippen LogP contribution in [0.2, 0.25) is 0 Å². The van der Waals surface area contributed by atoms with Crippen molar-refractivity contribution in [1.82, 2.24) is 9.80 Å². The molecule has 0 saturated carbocycles. The zero-order valence-electron chi connectivity index (χ0n) is 12.6. The topological polar surface area (TPSA) is 66.6 Å². The quantitative estimate of drug-likeness (QED) is 0.830. The number of carbonyl (C=O) groups excluding carboxylic acids is 2. The summed E-state index contributed by atoms with van der Waals surface area (Å²) in [6.45, 7) is 4.49. The van der Waals surface area contributed by atoms with Crippen LogP contribution >= 0.6 is 0 Å². The molecule has 1 aromatic rings. The van der Waals surface area contributed by atoms with Crippen molar-refractivity contribution in [2.75, 3.05) is 32.9 Å². The van der Waals surface area contributed by atoms with E-state index in [1.54, 1.807) is 37.2 Å². The standard InChI is InChI=1S/C15H23N3O2/c1-5-8-18(10-14(19)17(3)4)15(20)13-7-6-12(16)9-11(13)2/h6-7,9H,5,8,10,16H2,1-4H3. The van der Waals surface area contributed by atoms with Gasteiger partial charge >= 0.3 is 0 Å². The molecule has 2 amide bonds. The van der Waals surface area contributed by atoms with Gasteiger partial charge in [0.1, 0.15) is 6.54 Å². The number of carbonyl (C=O) groups is 2. The molecule has 0 spiro atoms. The van der Waals surface area contributed by atoms with Gasteiger partial charge in [-0.05, 0) is 37.1 Å². The molecule has 20 heavy (non-hydrogen) atoms. The van der Waals surface area contributed by atoms with E-state index in [2.05, 4.69) is 0 Å². The Bertz CT molecular complexity index is 498. The molecule has 5 heteroatoms. The van der Waals surface area contributed by atoms with Crippen LogP contribution in [0.1, 0.15) is 29.3 Å². The van der Waals surface area contributed by atoms with Gasteiger partial charge in [-0.3, -0.25) is 9.59 Å². The fraction of sp³-hybridized carbons (Fsp3) is 0.467. The maximum Gasteiger partial charge on any atom is 0.254 e. The highest BCUT2D eigenvalue weighted by atomic mass is 16.2. The third-order valence-electron chi connectivity index (χ3n) is 3.09. The predicted octanol–water partition coefficient (Wildman–Crippen LogP) is 1.52. The summed E-state index contributed by atoms with van der Waals surface area (Å²) in [5.74, 6) is -0.209. The predicted molar refractivity (Wildman–Crippen MR) is 80.5 cm³/mol. The van der Waals surface area contributed by atoms with E-state index >= 15 is 0 Å². The Morgan fingerprint density at radius 3 is 2.40 bits per heavy atom. The summed E-state index contributed by atoms with van der Waals surface area (Å²) < 4.78 is 0. The summed E-state index contributed by atoms with van der Waals surface area (Å²) in [5.41, 5.74) is 7.75. The van der Waals surface area contributed by atoms with E-state index in [4.69, 9.17) is 5.73 Å². The van der Waals surface area contributed by atoms with Crippen molar-refractivity contribution in [2.45, 2.75) is 20.3 Å². The normalized spacial score (nSPS) is 10.2. The van der Waals surface area contributed by atoms with E-state index in [1.165, 1.54) is 4.90 Å². The van der Waals surface area contributed by atoms with Gasteiger partial charge in [0.25, 0.3) is 5.91 Å². The number of hydrogen-bond acceptors (Lipinski definition) is 3. The summed E-state index contributed by atoms with van der Waals surface area (Å²) in [6.07, 6.45) is 0.806. The molecular formula is C15H23N3O2. The maximum absolute atomic E-state index is 12.5. The maximum atomic E-state index is 12.5. The number of hydrogen-bond donors (Lipinski definition) is 1. The molecule has 1 rings (SSSR count). The molecule has 0 fully saturated rings. The molecule has 0 unspecified atom stereocenters. The Hall–Kier alpha value is -2.04. The van der Waals surface area contributed by atoms with Crippen molar-refractivity contribution in [3.63, 3.8) is 0 Å². The molecule has 0 atom stereocenters. The van der Waals surface area contributed by atoms with Crippen molar-refractivity contribution in [3.8, 4) is 0 Å². The molecule has 5 nitrogen and oxygen atoms in total. The fourth-order valence-electron chi connectivity index (χ4n) is 1.92. The van der Waals surface area contributed by atoms with Gasteiger partial charge < -0.3 is 15.5 Å². The van der Waals surface area contributed by atoms with Gasteiger partial charge in [-0.25, -0.2) is 0 Å². The first kappa shape index (κ1) is 16.0. The summed E-state index contributed by atoms with van der Waals surface area (Å²) in [4.78, 5) is 27.4. The highest BCUT2D eigenvalue weighted by molar-refractivity contribution is 5.98. The summed E-state index contributed by atoms with van der Waals surface area (Å²) in [7, 11) is 3.37. The Kier molecular flexibility index (Phi) is 5.55. The van der Waals surface area contributed by atoms with Gasteiger partial charge in [-0.1, -0.05) is 6.92 Å². The average Bonchev–Trinajstić information content (AvgIpc) is 2.37. The number of amides is 2. The lowest BCUT2D eigenvalue weighted by Crippen LogP contribution is -2.40. The summed E-state index contributed by atoms with van der Waals surface area (Å²) in [5, 5.41) is 0. The van der Waals surface area contributed by atoms with Crippen molar-refractivity contribution in [1.29, 1.82) is 0 Å². The third-order valence-corrected chi connectivity index (χ3v) is 3.09. The Balaban J connectivity index is 2.96. The van der Waals surface area contributed by atoms with E-state index in [1.807, 2.05) is 13.8 Å². The molecule has 1 aromatic carbocycles. The molecule has 0 aliphatic rings. The van der Waals surface area contributed by atoms with Gasteiger partial charge in [0.05, 0.1) is 0 Å². The number of nitrogens with two attached hydrogens (primary N) is 1. The summed E-state index contributed by atoms with van der Waals surface area (Å²) in [6, 6.07) is 5.19. The van der Waals surface area contributed by atoms with Crippen molar-refractivity contribution in [2.24, 2.45) is 0 Å². The minimum atomic E-state index is -0.125. The SMILES string of the molecule is CCCN(CC(=O)N(C)C)C(=O)c1ccc(N)cc1C. The second kappa shape index (κ2) is 6.93. The van der Waals surface area contributed by atoms with Crippen molar-refractivity contribution < 1.29 is 9.59 Å². The van der Waals surface area contributed by atoms with Gasteiger partial charge in [0.2, 0.25) is 5.91 Å². The zero-order chi connectivity index (χ0) is 15.3. The first-order valence-electron chi connectivity index (χ1n) is 6.72. The van der Waals surface area contributed by atoms with Crippen LogP contribution in [0, 0.1) is 6.92 Å². The molecule has 2 N–H and O–H groups in total. The van der Waals surface area contributed by atoms with Gasteiger partial charge in [0.15, 0.2) is 0 Å². The van der Waals surface area contributed by atoms with Crippen molar-refractivity contribution in [3.05, 3.63) is 29.3 Å². The number of anilines is 1. The highest BCUT2D eigenvalue weighted by Gasteiger charge is 2.20. The van der Waals surface area contributed by atoms with Gasteiger partial charge in [0, 0.05) is 31.9 Å². The zero-order valence-corrected chi connectivity index (χ0v) is 12.6. The lowest BCUT2D eigenvalue weighted by atomic mass is 10.1. The Morgan fingerprint density at radius 1 is 1.25 bits per heavy atom. The lowest BCUT2D eigenvalue weighted by molar-refractivity contribution is -0.129. The van der Waals surface area contributed by atoms with Crippen LogP contribution in [-0.4, -0.2) is 48.8 Å². The van der Waals surface area contributed by atoms with E-state index < -0.39 is 0 Å². The summed E-state index contributed by atoms with van der Waals surface area (Å²) >= 11 is 0. The van der Waals surface area contributed by atoms with Crippen LogP contribution in [0.5, 0.6) is 0 Å². The van der Waals surface area contributed by atoms with Crippen LogP contribution in [0.15, 0.2) is 18.2 Å². The fourth-order valence-corrected chi connectivity index (χ4v) is 1.92. The molecule has 0 aromatic heterocycles. The monoisotopic (exact) mass is 277 g/mol. The largest absolute Gasteiger partial charge is 0.399 e. The Morgan fingerprint density at radius 2 is 1.90 bits per heavy atom. The van der Waals surface area contributed by atoms with Crippen LogP contribution in [0.4, 0.5) is 5.69 Å². The number of aryl methyl sites for hydroxylation is 1. The molecule has 0 saturated heterocycles.